The van der Waals surface area contributed by atoms with Gasteiger partial charge in [0.05, 0.1) is 31.6 Å². The molecule has 236 valence electrons. The smallest absolute Gasteiger partial charge is 0.319 e. The fraction of sp³-hybridized carbons (Fsp3) is 0.257. The fourth-order valence-corrected chi connectivity index (χ4v) is 5.59. The molecule has 0 bridgehead atoms. The summed E-state index contributed by atoms with van der Waals surface area (Å²) in [7, 11) is 1.64. The molecule has 1 unspecified atom stereocenters. The molecular formula is C35H37N7O4. The van der Waals surface area contributed by atoms with E-state index in [4.69, 9.17) is 9.47 Å². The number of hydrogen-bond acceptors (Lipinski definition) is 7. The quantitative estimate of drug-likeness (QED) is 0.194. The minimum Gasteiger partial charge on any atom is -0.497 e. The highest BCUT2D eigenvalue weighted by Crippen LogP contribution is 2.32. The van der Waals surface area contributed by atoms with Gasteiger partial charge in [-0.3, -0.25) is 4.79 Å². The molecule has 4 heterocycles. The first-order chi connectivity index (χ1) is 22.4. The lowest BCUT2D eigenvalue weighted by atomic mass is 10.00. The van der Waals surface area contributed by atoms with E-state index in [1.165, 1.54) is 0 Å². The van der Waals surface area contributed by atoms with Crippen molar-refractivity contribution in [2.75, 3.05) is 44.0 Å². The number of nitrogens with one attached hydrogen (secondary N) is 3. The summed E-state index contributed by atoms with van der Waals surface area (Å²) < 4.78 is 12.5. The molecular weight excluding hydrogens is 582 g/mol. The van der Waals surface area contributed by atoms with E-state index in [2.05, 4.69) is 25.9 Å². The number of urea groups is 1. The van der Waals surface area contributed by atoms with Gasteiger partial charge in [0.25, 0.3) is 5.91 Å². The van der Waals surface area contributed by atoms with E-state index < -0.39 is 0 Å². The molecule has 6 rings (SSSR count). The minimum atomic E-state index is -0.268. The molecule has 3 aromatic heterocycles. The van der Waals surface area contributed by atoms with Gasteiger partial charge in [-0.25, -0.2) is 14.8 Å². The first-order valence-electron chi connectivity index (χ1n) is 15.2. The Labute approximate surface area is 267 Å². The van der Waals surface area contributed by atoms with Gasteiger partial charge >= 0.3 is 6.03 Å². The molecule has 11 heteroatoms. The van der Waals surface area contributed by atoms with Gasteiger partial charge in [0, 0.05) is 55.2 Å². The van der Waals surface area contributed by atoms with E-state index >= 15 is 0 Å². The summed E-state index contributed by atoms with van der Waals surface area (Å²) in [5.41, 5.74) is 6.67. The number of carbonyl (C=O) groups is 2. The van der Waals surface area contributed by atoms with Crippen molar-refractivity contribution in [2.45, 2.75) is 26.3 Å². The SMILES string of the molecule is COc1ccc(CC(C)NC(=O)Nc2cccc(-c3cc(Nc4ccc(C(=O)N5CCOCC5)cn4)c4nccn4c3)c2C)cc1. The lowest BCUT2D eigenvalue weighted by Crippen LogP contribution is -2.40. The highest BCUT2D eigenvalue weighted by atomic mass is 16.5. The lowest BCUT2D eigenvalue weighted by molar-refractivity contribution is 0.0302. The number of anilines is 3. The third kappa shape index (κ3) is 6.94. The van der Waals surface area contributed by atoms with Gasteiger partial charge in [-0.15, -0.1) is 0 Å². The van der Waals surface area contributed by atoms with Gasteiger partial charge in [0.2, 0.25) is 0 Å². The number of fused-ring (bicyclic) bond motifs is 1. The van der Waals surface area contributed by atoms with Crippen LogP contribution < -0.4 is 20.7 Å². The molecule has 11 nitrogen and oxygen atoms in total. The summed E-state index contributed by atoms with van der Waals surface area (Å²) in [4.78, 5) is 36.6. The summed E-state index contributed by atoms with van der Waals surface area (Å²) in [6, 6.07) is 18.9. The number of ether oxygens (including phenoxy) is 2. The number of benzene rings is 2. The predicted molar refractivity (Wildman–Crippen MR) is 178 cm³/mol. The Balaban J connectivity index is 1.17. The number of aromatic nitrogens is 3. The van der Waals surface area contributed by atoms with Crippen molar-refractivity contribution in [1.29, 1.82) is 0 Å². The Morgan fingerprint density at radius 3 is 2.57 bits per heavy atom. The van der Waals surface area contributed by atoms with Crippen molar-refractivity contribution in [1.82, 2.24) is 24.6 Å². The molecule has 1 aliphatic heterocycles. The van der Waals surface area contributed by atoms with Crippen LogP contribution in [0.25, 0.3) is 16.8 Å². The number of pyridine rings is 2. The molecule has 1 atom stereocenters. The number of methoxy groups -OCH3 is 1. The highest BCUT2D eigenvalue weighted by Gasteiger charge is 2.19. The average Bonchev–Trinajstić information content (AvgIpc) is 3.56. The maximum Gasteiger partial charge on any atom is 0.319 e. The van der Waals surface area contributed by atoms with Crippen molar-refractivity contribution >= 4 is 34.8 Å². The van der Waals surface area contributed by atoms with Crippen LogP contribution in [0.3, 0.4) is 0 Å². The third-order valence-electron chi connectivity index (χ3n) is 8.03. The second-order valence-corrected chi connectivity index (χ2v) is 11.3. The minimum absolute atomic E-state index is 0.0515. The second kappa shape index (κ2) is 13.7. The lowest BCUT2D eigenvalue weighted by Gasteiger charge is -2.26. The Morgan fingerprint density at radius 2 is 1.83 bits per heavy atom. The Kier molecular flexibility index (Phi) is 9.11. The van der Waals surface area contributed by atoms with Crippen molar-refractivity contribution < 1.29 is 19.1 Å². The van der Waals surface area contributed by atoms with Crippen LogP contribution in [0.1, 0.15) is 28.4 Å². The molecule has 0 radical (unpaired) electrons. The molecule has 0 spiro atoms. The summed E-state index contributed by atoms with van der Waals surface area (Å²) >= 11 is 0. The normalized spacial score (nSPS) is 13.7. The number of imidazole rings is 1. The van der Waals surface area contributed by atoms with Gasteiger partial charge in [0.15, 0.2) is 5.65 Å². The molecule has 1 fully saturated rings. The second-order valence-electron chi connectivity index (χ2n) is 11.3. The maximum atomic E-state index is 13.0. The van der Waals surface area contributed by atoms with E-state index in [1.807, 2.05) is 79.2 Å². The van der Waals surface area contributed by atoms with Crippen molar-refractivity contribution in [3.63, 3.8) is 0 Å². The topological polar surface area (TPSA) is 122 Å². The fourth-order valence-electron chi connectivity index (χ4n) is 5.59. The number of hydrogen-bond donors (Lipinski definition) is 3. The monoisotopic (exact) mass is 619 g/mol. The van der Waals surface area contributed by atoms with Gasteiger partial charge in [-0.2, -0.15) is 0 Å². The number of carbonyl (C=O) groups excluding carboxylic acids is 2. The first-order valence-corrected chi connectivity index (χ1v) is 15.2. The third-order valence-corrected chi connectivity index (χ3v) is 8.03. The number of amides is 3. The molecule has 0 aliphatic carbocycles. The van der Waals surface area contributed by atoms with Gasteiger partial charge in [0.1, 0.15) is 11.6 Å². The van der Waals surface area contributed by atoms with Crippen molar-refractivity contribution in [3.05, 3.63) is 102 Å². The molecule has 2 aromatic carbocycles. The van der Waals surface area contributed by atoms with Crippen molar-refractivity contribution in [3.8, 4) is 16.9 Å². The van der Waals surface area contributed by atoms with E-state index in [1.54, 1.807) is 36.5 Å². The van der Waals surface area contributed by atoms with Crippen LogP contribution >= 0.6 is 0 Å². The zero-order chi connectivity index (χ0) is 32.0. The van der Waals surface area contributed by atoms with Crippen LogP contribution in [-0.2, 0) is 11.2 Å². The molecule has 3 amide bonds. The summed E-state index contributed by atoms with van der Waals surface area (Å²) in [5, 5.41) is 9.44. The first kappa shape index (κ1) is 30.6. The maximum absolute atomic E-state index is 13.0. The van der Waals surface area contributed by atoms with Crippen LogP contribution in [-0.4, -0.2) is 70.7 Å². The predicted octanol–water partition coefficient (Wildman–Crippen LogP) is 5.68. The summed E-state index contributed by atoms with van der Waals surface area (Å²) in [5.74, 6) is 1.34. The zero-order valence-electron chi connectivity index (χ0n) is 26.1. The van der Waals surface area contributed by atoms with Crippen LogP contribution in [0.5, 0.6) is 5.75 Å². The van der Waals surface area contributed by atoms with E-state index in [9.17, 15) is 9.59 Å². The van der Waals surface area contributed by atoms with E-state index in [0.717, 1.165) is 39.3 Å². The molecule has 1 aliphatic rings. The highest BCUT2D eigenvalue weighted by molar-refractivity contribution is 5.94. The van der Waals surface area contributed by atoms with Crippen molar-refractivity contribution in [2.24, 2.45) is 0 Å². The number of nitrogens with zero attached hydrogens (tertiary/aromatic N) is 4. The van der Waals surface area contributed by atoms with Gasteiger partial charge in [-0.1, -0.05) is 24.3 Å². The number of rotatable bonds is 9. The van der Waals surface area contributed by atoms with E-state index in [0.29, 0.717) is 49.8 Å². The Morgan fingerprint density at radius 1 is 1.02 bits per heavy atom. The molecule has 5 aromatic rings. The molecule has 0 saturated carbocycles. The zero-order valence-corrected chi connectivity index (χ0v) is 26.1. The molecule has 1 saturated heterocycles. The number of morpholine rings is 1. The summed E-state index contributed by atoms with van der Waals surface area (Å²) in [6.45, 7) is 6.22. The Bertz CT molecular complexity index is 1830. The summed E-state index contributed by atoms with van der Waals surface area (Å²) in [6.07, 6.45) is 7.92. The van der Waals surface area contributed by atoms with E-state index in [-0.39, 0.29) is 18.0 Å². The standard InChI is InChI=1S/C35H37N7O4/c1-23(19-25-7-10-28(45-3)11-8-25)38-35(44)40-30-6-4-5-29(24(30)2)27-20-31(33-36-13-14-42(33)22-27)39-32-12-9-26(21-37-32)34(43)41-15-17-46-18-16-41/h4-14,20-23H,15-19H2,1-3H3,(H,37,39)(H2,38,40,44). The largest absolute Gasteiger partial charge is 0.497 e. The Hall–Kier alpha value is -5.42. The molecule has 3 N–H and O–H groups in total. The van der Waals surface area contributed by atoms with Gasteiger partial charge in [-0.05, 0) is 73.4 Å². The van der Waals surface area contributed by atoms with Crippen LogP contribution in [0.15, 0.2) is 85.5 Å². The van der Waals surface area contributed by atoms with Crippen LogP contribution in [0, 0.1) is 6.92 Å². The molecule has 46 heavy (non-hydrogen) atoms. The average molecular weight is 620 g/mol. The van der Waals surface area contributed by atoms with Crippen LogP contribution in [0.4, 0.5) is 22.0 Å². The van der Waals surface area contributed by atoms with Crippen LogP contribution in [0.2, 0.25) is 0 Å². The van der Waals surface area contributed by atoms with Gasteiger partial charge < -0.3 is 34.7 Å².